The van der Waals surface area contributed by atoms with E-state index in [0.29, 0.717) is 22.4 Å². The van der Waals surface area contributed by atoms with E-state index in [4.69, 9.17) is 4.98 Å². The summed E-state index contributed by atoms with van der Waals surface area (Å²) >= 11 is 0. The Hall–Kier alpha value is -4.00. The molecule has 1 aromatic heterocycles. The molecule has 1 unspecified atom stereocenters. The lowest BCUT2D eigenvalue weighted by molar-refractivity contribution is 0.0940. The van der Waals surface area contributed by atoms with Crippen LogP contribution in [0.5, 0.6) is 0 Å². The van der Waals surface area contributed by atoms with Gasteiger partial charge in [0.1, 0.15) is 5.82 Å². The van der Waals surface area contributed by atoms with Crippen LogP contribution in [0.3, 0.4) is 0 Å². The molecule has 1 amide bonds. The van der Waals surface area contributed by atoms with Crippen molar-refractivity contribution in [2.75, 3.05) is 18.0 Å². The number of hydrogen-bond donors (Lipinski definition) is 1. The zero-order chi connectivity index (χ0) is 23.7. The molecule has 2 heterocycles. The summed E-state index contributed by atoms with van der Waals surface area (Å²) in [4.78, 5) is 33.5. The fourth-order valence-electron chi connectivity index (χ4n) is 4.37. The van der Waals surface area contributed by atoms with Gasteiger partial charge in [-0.25, -0.2) is 13.9 Å². The highest BCUT2D eigenvalue weighted by molar-refractivity contribution is 5.98. The smallest absolute Gasteiger partial charge is 0.267 e. The first-order valence-electron chi connectivity index (χ1n) is 11.4. The van der Waals surface area contributed by atoms with Crippen molar-refractivity contribution in [3.63, 3.8) is 0 Å². The van der Waals surface area contributed by atoms with Gasteiger partial charge >= 0.3 is 0 Å². The summed E-state index contributed by atoms with van der Waals surface area (Å²) < 4.78 is 14.9. The van der Waals surface area contributed by atoms with Gasteiger partial charge in [0.2, 0.25) is 5.95 Å². The molecule has 1 aliphatic rings. The molecule has 0 saturated carbocycles. The van der Waals surface area contributed by atoms with Crippen LogP contribution >= 0.6 is 0 Å². The lowest BCUT2D eigenvalue weighted by Crippen LogP contribution is -2.30. The number of carbonyl (C=O) groups excluding carboxylic acids is 1. The third-order valence-corrected chi connectivity index (χ3v) is 6.23. The summed E-state index contributed by atoms with van der Waals surface area (Å²) in [6.45, 7) is 3.51. The van der Waals surface area contributed by atoms with Gasteiger partial charge < -0.3 is 10.2 Å². The van der Waals surface area contributed by atoms with Gasteiger partial charge in [-0.3, -0.25) is 9.59 Å². The van der Waals surface area contributed by atoms with Crippen molar-refractivity contribution in [2.45, 2.75) is 25.8 Å². The van der Waals surface area contributed by atoms with Crippen molar-refractivity contribution in [1.29, 1.82) is 0 Å². The first-order chi connectivity index (χ1) is 16.5. The molecule has 0 spiro atoms. The quantitative estimate of drug-likeness (QED) is 0.476. The first-order valence-corrected chi connectivity index (χ1v) is 11.4. The van der Waals surface area contributed by atoms with Crippen LogP contribution in [-0.2, 0) is 0 Å². The van der Waals surface area contributed by atoms with Gasteiger partial charge in [0, 0.05) is 18.7 Å². The Balaban J connectivity index is 1.53. The summed E-state index contributed by atoms with van der Waals surface area (Å²) in [5.41, 5.74) is 2.30. The van der Waals surface area contributed by atoms with Crippen molar-refractivity contribution in [2.24, 2.45) is 0 Å². The number of halogens is 1. The maximum atomic E-state index is 13.5. The van der Waals surface area contributed by atoms with Gasteiger partial charge in [0.15, 0.2) is 0 Å². The Morgan fingerprint density at radius 1 is 1.00 bits per heavy atom. The Labute approximate surface area is 196 Å². The van der Waals surface area contributed by atoms with Crippen LogP contribution in [0, 0.1) is 5.82 Å². The number of benzene rings is 3. The largest absolute Gasteiger partial charge is 0.346 e. The Bertz CT molecular complexity index is 1390. The molecule has 1 atom stereocenters. The Morgan fingerprint density at radius 2 is 1.71 bits per heavy atom. The van der Waals surface area contributed by atoms with E-state index in [1.165, 1.54) is 12.1 Å². The molecule has 5 rings (SSSR count). The van der Waals surface area contributed by atoms with E-state index in [2.05, 4.69) is 10.2 Å². The molecule has 172 valence electrons. The zero-order valence-corrected chi connectivity index (χ0v) is 18.9. The fourth-order valence-corrected chi connectivity index (χ4v) is 4.37. The third-order valence-electron chi connectivity index (χ3n) is 6.23. The second-order valence-corrected chi connectivity index (χ2v) is 8.56. The van der Waals surface area contributed by atoms with Gasteiger partial charge in [0.05, 0.1) is 22.6 Å². The predicted octanol–water partition coefficient (Wildman–Crippen LogP) is 4.62. The van der Waals surface area contributed by atoms with Gasteiger partial charge in [-0.15, -0.1) is 0 Å². The number of nitrogens with zero attached hydrogens (tertiary/aromatic N) is 3. The summed E-state index contributed by atoms with van der Waals surface area (Å²) in [6, 6.07) is 20.2. The van der Waals surface area contributed by atoms with Crippen LogP contribution in [-0.4, -0.2) is 28.5 Å². The van der Waals surface area contributed by atoms with E-state index in [9.17, 15) is 14.0 Å². The standard InChI is InChI=1S/C27H25FN4O2/c1-18(19-9-12-21(28)13-10-19)29-25(33)20-11-14-23-24(17-20)30-27(31-15-5-6-16-31)32(26(23)34)22-7-3-2-4-8-22/h2-4,7-14,17-18H,5-6,15-16H2,1H3,(H,29,33). The maximum Gasteiger partial charge on any atom is 0.267 e. The minimum Gasteiger partial charge on any atom is -0.346 e. The molecule has 0 aliphatic carbocycles. The van der Waals surface area contributed by atoms with E-state index in [0.717, 1.165) is 37.2 Å². The fraction of sp³-hybridized carbons (Fsp3) is 0.222. The lowest BCUT2D eigenvalue weighted by Gasteiger charge is -2.22. The van der Waals surface area contributed by atoms with Gasteiger partial charge in [-0.1, -0.05) is 30.3 Å². The van der Waals surface area contributed by atoms with E-state index >= 15 is 0 Å². The van der Waals surface area contributed by atoms with Crippen molar-refractivity contribution in [1.82, 2.24) is 14.9 Å². The predicted molar refractivity (Wildman–Crippen MR) is 131 cm³/mol. The summed E-state index contributed by atoms with van der Waals surface area (Å²) in [5, 5.41) is 3.39. The molecule has 1 N–H and O–H groups in total. The number of amides is 1. The van der Waals surface area contributed by atoms with Gasteiger partial charge in [0.25, 0.3) is 11.5 Å². The number of aromatic nitrogens is 2. The third kappa shape index (κ3) is 4.17. The highest BCUT2D eigenvalue weighted by Gasteiger charge is 2.22. The number of rotatable bonds is 5. The molecule has 1 saturated heterocycles. The molecule has 0 bridgehead atoms. The van der Waals surface area contributed by atoms with Crippen LogP contribution in [0.25, 0.3) is 16.6 Å². The van der Waals surface area contributed by atoms with Gasteiger partial charge in [-0.05, 0) is 67.8 Å². The SMILES string of the molecule is CC(NC(=O)c1ccc2c(=O)n(-c3ccccc3)c(N3CCCC3)nc2c1)c1ccc(F)cc1. The number of carbonyl (C=O) groups is 1. The van der Waals surface area contributed by atoms with E-state index in [-0.39, 0.29) is 23.3 Å². The number of anilines is 1. The van der Waals surface area contributed by atoms with E-state index in [1.807, 2.05) is 37.3 Å². The van der Waals surface area contributed by atoms with Crippen LogP contribution in [0.2, 0.25) is 0 Å². The summed E-state index contributed by atoms with van der Waals surface area (Å²) in [7, 11) is 0. The number of fused-ring (bicyclic) bond motifs is 1. The van der Waals surface area contributed by atoms with Crippen LogP contribution in [0.4, 0.5) is 10.3 Å². The first kappa shape index (κ1) is 21.8. The van der Waals surface area contributed by atoms with Crippen molar-refractivity contribution < 1.29 is 9.18 Å². The average Bonchev–Trinajstić information content (AvgIpc) is 3.39. The minimum absolute atomic E-state index is 0.162. The van der Waals surface area contributed by atoms with E-state index in [1.54, 1.807) is 34.9 Å². The number of para-hydroxylation sites is 1. The monoisotopic (exact) mass is 456 g/mol. The molecule has 4 aromatic rings. The Kier molecular flexibility index (Phi) is 5.84. The zero-order valence-electron chi connectivity index (χ0n) is 18.9. The average molecular weight is 457 g/mol. The van der Waals surface area contributed by atoms with E-state index < -0.39 is 0 Å². The summed E-state index contributed by atoms with van der Waals surface area (Å²) in [5.74, 6) is -0.00762. The van der Waals surface area contributed by atoms with Crippen molar-refractivity contribution >= 4 is 22.8 Å². The number of nitrogens with one attached hydrogen (secondary N) is 1. The molecule has 0 radical (unpaired) electrons. The molecule has 6 nitrogen and oxygen atoms in total. The molecule has 3 aromatic carbocycles. The molecular formula is C27H25FN4O2. The molecular weight excluding hydrogens is 431 g/mol. The van der Waals surface area contributed by atoms with Crippen LogP contribution < -0.4 is 15.8 Å². The highest BCUT2D eigenvalue weighted by atomic mass is 19.1. The second kappa shape index (κ2) is 9.09. The Morgan fingerprint density at radius 3 is 2.41 bits per heavy atom. The topological polar surface area (TPSA) is 67.2 Å². The number of hydrogen-bond acceptors (Lipinski definition) is 4. The van der Waals surface area contributed by atoms with Crippen LogP contribution in [0.15, 0.2) is 77.6 Å². The maximum absolute atomic E-state index is 13.5. The minimum atomic E-state index is -0.321. The highest BCUT2D eigenvalue weighted by Crippen LogP contribution is 2.24. The second-order valence-electron chi connectivity index (χ2n) is 8.56. The summed E-state index contributed by atoms with van der Waals surface area (Å²) in [6.07, 6.45) is 2.10. The van der Waals surface area contributed by atoms with Crippen molar-refractivity contribution in [3.8, 4) is 5.69 Å². The van der Waals surface area contributed by atoms with Crippen molar-refractivity contribution in [3.05, 3.63) is 100 Å². The van der Waals surface area contributed by atoms with Gasteiger partial charge in [-0.2, -0.15) is 0 Å². The normalized spacial score (nSPS) is 14.4. The molecule has 7 heteroatoms. The van der Waals surface area contributed by atoms with Crippen LogP contribution in [0.1, 0.15) is 41.7 Å². The lowest BCUT2D eigenvalue weighted by atomic mass is 10.1. The molecule has 1 fully saturated rings. The molecule has 34 heavy (non-hydrogen) atoms. The molecule has 1 aliphatic heterocycles.